The van der Waals surface area contributed by atoms with Gasteiger partial charge in [-0.25, -0.2) is 4.79 Å². The summed E-state index contributed by atoms with van der Waals surface area (Å²) < 4.78 is 45.1. The fourth-order valence-corrected chi connectivity index (χ4v) is 2.07. The lowest BCUT2D eigenvalue weighted by atomic mass is 10.0. The first-order valence-electron chi connectivity index (χ1n) is 7.36. The second kappa shape index (κ2) is 7.00. The maximum Gasteiger partial charge on any atom is 0.419 e. The van der Waals surface area contributed by atoms with Crippen molar-refractivity contribution in [3.63, 3.8) is 0 Å². The lowest BCUT2D eigenvalue weighted by molar-refractivity contribution is -0.139. The van der Waals surface area contributed by atoms with Crippen molar-refractivity contribution < 1.29 is 32.9 Å². The Bertz CT molecular complexity index is 788. The number of benzene rings is 1. The maximum atomic E-state index is 13.3. The molecule has 8 heteroatoms. The predicted octanol–water partition coefficient (Wildman–Crippen LogP) is 4.21. The number of aromatic hydroxyl groups is 1. The molecule has 0 spiro atoms. The Hall–Kier alpha value is -2.77. The van der Waals surface area contributed by atoms with E-state index in [2.05, 4.69) is 4.98 Å². The summed E-state index contributed by atoms with van der Waals surface area (Å²) in [4.78, 5) is 14.8. The van der Waals surface area contributed by atoms with Crippen molar-refractivity contribution >= 4 is 5.97 Å². The third-order valence-electron chi connectivity index (χ3n) is 3.27. The van der Waals surface area contributed by atoms with E-state index < -0.39 is 29.0 Å². The molecule has 0 aliphatic rings. The highest BCUT2D eigenvalue weighted by Gasteiger charge is 2.35. The highest BCUT2D eigenvalue weighted by molar-refractivity contribution is 5.91. The van der Waals surface area contributed by atoms with Crippen LogP contribution in [-0.2, 0) is 6.18 Å². The number of rotatable bonds is 5. The Morgan fingerprint density at radius 2 is 1.96 bits per heavy atom. The van der Waals surface area contributed by atoms with Crippen molar-refractivity contribution in [3.8, 4) is 22.8 Å². The van der Waals surface area contributed by atoms with Crippen molar-refractivity contribution in [1.29, 1.82) is 0 Å². The van der Waals surface area contributed by atoms with E-state index in [0.29, 0.717) is 0 Å². The number of aromatic carboxylic acids is 1. The van der Waals surface area contributed by atoms with Gasteiger partial charge < -0.3 is 14.9 Å². The van der Waals surface area contributed by atoms with Crippen LogP contribution in [0.3, 0.4) is 0 Å². The third kappa shape index (κ3) is 4.40. The van der Waals surface area contributed by atoms with Crippen LogP contribution in [0.25, 0.3) is 11.3 Å². The minimum Gasteiger partial charge on any atom is -0.505 e. The molecule has 0 radical (unpaired) electrons. The molecule has 2 N–H and O–H groups in total. The van der Waals surface area contributed by atoms with Gasteiger partial charge in [0, 0.05) is 5.56 Å². The van der Waals surface area contributed by atoms with E-state index >= 15 is 0 Å². The highest BCUT2D eigenvalue weighted by atomic mass is 19.4. The first-order chi connectivity index (χ1) is 11.6. The molecule has 0 aliphatic carbocycles. The summed E-state index contributed by atoms with van der Waals surface area (Å²) in [6.45, 7) is 3.76. The van der Waals surface area contributed by atoms with Gasteiger partial charge in [-0.05, 0) is 30.2 Å². The van der Waals surface area contributed by atoms with E-state index in [-0.39, 0.29) is 29.5 Å². The summed E-state index contributed by atoms with van der Waals surface area (Å²) in [5, 5.41) is 18.5. The zero-order chi connectivity index (χ0) is 18.8. The summed E-state index contributed by atoms with van der Waals surface area (Å²) in [6.07, 6.45) is -3.76. The van der Waals surface area contributed by atoms with Gasteiger partial charge in [0.1, 0.15) is 17.1 Å². The number of hydrogen-bond acceptors (Lipinski definition) is 4. The fourth-order valence-electron chi connectivity index (χ4n) is 2.07. The van der Waals surface area contributed by atoms with E-state index in [9.17, 15) is 23.1 Å². The van der Waals surface area contributed by atoms with Crippen LogP contribution in [0.4, 0.5) is 13.2 Å². The molecule has 0 aliphatic heterocycles. The van der Waals surface area contributed by atoms with E-state index in [1.807, 2.05) is 13.8 Å². The van der Waals surface area contributed by atoms with Gasteiger partial charge in [0.15, 0.2) is 0 Å². The number of carbonyl (C=O) groups is 1. The normalized spacial score (nSPS) is 11.6. The molecule has 0 bridgehead atoms. The molecule has 0 amide bonds. The maximum absolute atomic E-state index is 13.3. The number of carboxylic acid groups (broad SMARTS) is 1. The Labute approximate surface area is 141 Å². The van der Waals surface area contributed by atoms with E-state index in [4.69, 9.17) is 9.84 Å². The number of alkyl halides is 3. The molecule has 1 aromatic heterocycles. The number of halogens is 3. The van der Waals surface area contributed by atoms with Crippen LogP contribution in [0.2, 0.25) is 0 Å². The Kier molecular flexibility index (Phi) is 5.20. The van der Waals surface area contributed by atoms with Crippen molar-refractivity contribution in [2.45, 2.75) is 20.0 Å². The van der Waals surface area contributed by atoms with Gasteiger partial charge in [-0.3, -0.25) is 4.98 Å². The fraction of sp³-hybridized carbons (Fsp3) is 0.294. The summed E-state index contributed by atoms with van der Waals surface area (Å²) in [5.74, 6) is -2.22. The summed E-state index contributed by atoms with van der Waals surface area (Å²) >= 11 is 0. The Morgan fingerprint density at radius 3 is 2.52 bits per heavy atom. The van der Waals surface area contributed by atoms with E-state index in [1.54, 1.807) is 0 Å². The molecule has 1 heterocycles. The van der Waals surface area contributed by atoms with Gasteiger partial charge in [-0.2, -0.15) is 13.2 Å². The highest BCUT2D eigenvalue weighted by Crippen LogP contribution is 2.39. The van der Waals surface area contributed by atoms with Crippen LogP contribution in [0, 0.1) is 5.92 Å². The lowest BCUT2D eigenvalue weighted by Gasteiger charge is -2.16. The number of nitrogens with zero attached hydrogens (tertiary/aromatic N) is 1. The minimum absolute atomic E-state index is 0.00360. The first kappa shape index (κ1) is 18.6. The summed E-state index contributed by atoms with van der Waals surface area (Å²) in [7, 11) is 0. The average molecular weight is 355 g/mol. The average Bonchev–Trinajstić information content (AvgIpc) is 2.52. The van der Waals surface area contributed by atoms with E-state index in [0.717, 1.165) is 18.3 Å². The number of pyridine rings is 1. The van der Waals surface area contributed by atoms with Gasteiger partial charge >= 0.3 is 12.1 Å². The molecule has 134 valence electrons. The second-order valence-corrected chi connectivity index (χ2v) is 5.81. The molecule has 5 nitrogen and oxygen atoms in total. The van der Waals surface area contributed by atoms with Crippen molar-refractivity contribution in [1.82, 2.24) is 4.98 Å². The second-order valence-electron chi connectivity index (χ2n) is 5.81. The monoisotopic (exact) mass is 355 g/mol. The molecular formula is C17H16F3NO4. The zero-order valence-electron chi connectivity index (χ0n) is 13.5. The van der Waals surface area contributed by atoms with E-state index in [1.165, 1.54) is 12.1 Å². The largest absolute Gasteiger partial charge is 0.505 e. The minimum atomic E-state index is -4.64. The van der Waals surface area contributed by atoms with Crippen LogP contribution < -0.4 is 4.74 Å². The van der Waals surface area contributed by atoms with Crippen LogP contribution in [-0.4, -0.2) is 27.8 Å². The Balaban J connectivity index is 2.50. The summed E-state index contributed by atoms with van der Waals surface area (Å²) in [5.41, 5.74) is -1.36. The van der Waals surface area contributed by atoms with Crippen LogP contribution in [0.15, 0.2) is 30.5 Å². The van der Waals surface area contributed by atoms with Gasteiger partial charge in [-0.15, -0.1) is 0 Å². The molecule has 25 heavy (non-hydrogen) atoms. The molecule has 2 aromatic rings. The van der Waals surface area contributed by atoms with Gasteiger partial charge in [0.05, 0.1) is 24.1 Å². The number of hydrogen-bond donors (Lipinski definition) is 2. The molecule has 0 fully saturated rings. The molecular weight excluding hydrogens is 339 g/mol. The van der Waals surface area contributed by atoms with Gasteiger partial charge in [-0.1, -0.05) is 13.8 Å². The third-order valence-corrected chi connectivity index (χ3v) is 3.27. The topological polar surface area (TPSA) is 79.7 Å². The molecule has 0 saturated heterocycles. The van der Waals surface area contributed by atoms with Crippen LogP contribution >= 0.6 is 0 Å². The van der Waals surface area contributed by atoms with Crippen molar-refractivity contribution in [2.24, 2.45) is 5.92 Å². The zero-order valence-corrected chi connectivity index (χ0v) is 13.5. The van der Waals surface area contributed by atoms with Crippen LogP contribution in [0.5, 0.6) is 11.5 Å². The SMILES string of the molecule is CC(C)COc1ccc(-c2cc(C(=O)O)c(O)cn2)cc1C(F)(F)F. The summed E-state index contributed by atoms with van der Waals surface area (Å²) in [6, 6.07) is 4.40. The molecule has 0 saturated carbocycles. The quantitative estimate of drug-likeness (QED) is 0.840. The molecule has 2 rings (SSSR count). The number of ether oxygens (including phenoxy) is 1. The number of carboxylic acids is 1. The van der Waals surface area contributed by atoms with Gasteiger partial charge in [0.25, 0.3) is 0 Å². The van der Waals surface area contributed by atoms with Gasteiger partial charge in [0.2, 0.25) is 0 Å². The lowest BCUT2D eigenvalue weighted by Crippen LogP contribution is -2.12. The Morgan fingerprint density at radius 1 is 1.28 bits per heavy atom. The molecule has 0 atom stereocenters. The number of aromatic nitrogens is 1. The smallest absolute Gasteiger partial charge is 0.419 e. The van der Waals surface area contributed by atoms with Crippen molar-refractivity contribution in [2.75, 3.05) is 6.61 Å². The first-order valence-corrected chi connectivity index (χ1v) is 7.36. The van der Waals surface area contributed by atoms with Crippen LogP contribution in [0.1, 0.15) is 29.8 Å². The predicted molar refractivity (Wildman–Crippen MR) is 83.6 cm³/mol. The van der Waals surface area contributed by atoms with Crippen molar-refractivity contribution in [3.05, 3.63) is 41.6 Å². The standard InChI is InChI=1S/C17H16F3NO4/c1-9(2)8-25-15-4-3-10(5-12(15)17(18,19)20)13-6-11(16(23)24)14(22)7-21-13/h3-7,9,22H,8H2,1-2H3,(H,23,24). The molecule has 1 aromatic carbocycles. The molecule has 0 unspecified atom stereocenters.